The number of carbonyl (C=O) groups excluding carboxylic acids is 1. The first-order valence-corrected chi connectivity index (χ1v) is 9.53. The van der Waals surface area contributed by atoms with Crippen LogP contribution in [0.25, 0.3) is 21.7 Å². The third-order valence-electron chi connectivity index (χ3n) is 4.70. The van der Waals surface area contributed by atoms with Gasteiger partial charge in [0, 0.05) is 11.6 Å². The van der Waals surface area contributed by atoms with Crippen molar-refractivity contribution in [3.63, 3.8) is 0 Å². The Bertz CT molecular complexity index is 1130. The molecule has 0 aliphatic carbocycles. The molecule has 0 saturated carbocycles. The predicted molar refractivity (Wildman–Crippen MR) is 114 cm³/mol. The summed E-state index contributed by atoms with van der Waals surface area (Å²) in [4.78, 5) is 17.2. The van der Waals surface area contributed by atoms with Crippen molar-refractivity contribution in [2.75, 3.05) is 11.9 Å². The normalized spacial score (nSPS) is 10.9. The molecular formula is C24H22N2O2. The standard InChI is InChI=1S/C24H22N2O2/c1-2-15-28-22-13-12-21(20-11-6-14-25-24(20)22)26-23(27)16-18-9-5-8-17-7-3-4-10-19(17)18/h3-14H,2,15-16H2,1H3,(H,26,27). The topological polar surface area (TPSA) is 51.2 Å². The van der Waals surface area contributed by atoms with Crippen LogP contribution >= 0.6 is 0 Å². The molecule has 1 heterocycles. The first kappa shape index (κ1) is 18.0. The van der Waals surface area contributed by atoms with Crippen LogP contribution in [0, 0.1) is 0 Å². The zero-order valence-corrected chi connectivity index (χ0v) is 15.8. The van der Waals surface area contributed by atoms with Gasteiger partial charge in [-0.05, 0) is 47.0 Å². The molecule has 0 unspecified atom stereocenters. The maximum atomic E-state index is 12.8. The van der Waals surface area contributed by atoms with E-state index in [0.29, 0.717) is 13.0 Å². The molecule has 0 spiro atoms. The van der Waals surface area contributed by atoms with Gasteiger partial charge in [0.15, 0.2) is 0 Å². The minimum atomic E-state index is -0.0521. The molecule has 3 aromatic carbocycles. The minimum absolute atomic E-state index is 0.0521. The van der Waals surface area contributed by atoms with E-state index in [2.05, 4.69) is 35.4 Å². The van der Waals surface area contributed by atoms with E-state index in [1.54, 1.807) is 6.20 Å². The summed E-state index contributed by atoms with van der Waals surface area (Å²) in [6.45, 7) is 2.70. The summed E-state index contributed by atoms with van der Waals surface area (Å²) >= 11 is 0. The highest BCUT2D eigenvalue weighted by Gasteiger charge is 2.12. The molecule has 4 aromatic rings. The van der Waals surface area contributed by atoms with Crippen LogP contribution in [0.2, 0.25) is 0 Å². The van der Waals surface area contributed by atoms with Gasteiger partial charge < -0.3 is 10.1 Å². The molecule has 0 aliphatic heterocycles. The van der Waals surface area contributed by atoms with E-state index in [-0.39, 0.29) is 5.91 Å². The van der Waals surface area contributed by atoms with Crippen molar-refractivity contribution in [1.82, 2.24) is 4.98 Å². The van der Waals surface area contributed by atoms with Gasteiger partial charge in [-0.2, -0.15) is 0 Å². The lowest BCUT2D eigenvalue weighted by atomic mass is 10.0. The van der Waals surface area contributed by atoms with Crippen LogP contribution in [0.5, 0.6) is 5.75 Å². The van der Waals surface area contributed by atoms with Crippen LogP contribution in [-0.4, -0.2) is 17.5 Å². The van der Waals surface area contributed by atoms with E-state index in [9.17, 15) is 4.79 Å². The number of nitrogens with zero attached hydrogens (tertiary/aromatic N) is 1. The number of ether oxygens (including phenoxy) is 1. The molecule has 140 valence electrons. The van der Waals surface area contributed by atoms with E-state index in [1.807, 2.05) is 48.5 Å². The number of pyridine rings is 1. The molecule has 4 heteroatoms. The second kappa shape index (κ2) is 8.09. The van der Waals surface area contributed by atoms with E-state index in [1.165, 1.54) is 0 Å². The summed E-state index contributed by atoms with van der Waals surface area (Å²) in [7, 11) is 0. The molecule has 28 heavy (non-hydrogen) atoms. The molecule has 0 radical (unpaired) electrons. The molecule has 1 N–H and O–H groups in total. The smallest absolute Gasteiger partial charge is 0.228 e. The van der Waals surface area contributed by atoms with Gasteiger partial charge in [-0.15, -0.1) is 0 Å². The number of nitrogens with one attached hydrogen (secondary N) is 1. The number of benzene rings is 3. The quantitative estimate of drug-likeness (QED) is 0.497. The molecule has 0 aliphatic rings. The van der Waals surface area contributed by atoms with E-state index in [4.69, 9.17) is 4.74 Å². The minimum Gasteiger partial charge on any atom is -0.491 e. The Labute approximate surface area is 164 Å². The van der Waals surface area contributed by atoms with Crippen molar-refractivity contribution >= 4 is 33.3 Å². The summed E-state index contributed by atoms with van der Waals surface area (Å²) < 4.78 is 5.80. The van der Waals surface area contributed by atoms with Gasteiger partial charge >= 0.3 is 0 Å². The van der Waals surface area contributed by atoms with Gasteiger partial charge in [0.1, 0.15) is 11.3 Å². The van der Waals surface area contributed by atoms with E-state index >= 15 is 0 Å². The van der Waals surface area contributed by atoms with Gasteiger partial charge in [-0.3, -0.25) is 9.78 Å². The first-order chi connectivity index (χ1) is 13.8. The monoisotopic (exact) mass is 370 g/mol. The summed E-state index contributed by atoms with van der Waals surface area (Å²) in [6, 6.07) is 21.8. The molecule has 1 aromatic heterocycles. The number of anilines is 1. The summed E-state index contributed by atoms with van der Waals surface area (Å²) in [5.41, 5.74) is 2.53. The fourth-order valence-electron chi connectivity index (χ4n) is 3.40. The Morgan fingerprint density at radius 3 is 2.68 bits per heavy atom. The lowest BCUT2D eigenvalue weighted by molar-refractivity contribution is -0.115. The third kappa shape index (κ3) is 3.67. The predicted octanol–water partition coefficient (Wildman–Crippen LogP) is 5.36. The highest BCUT2D eigenvalue weighted by Crippen LogP contribution is 2.30. The SMILES string of the molecule is CCCOc1ccc(NC(=O)Cc2cccc3ccccc23)c2cccnc12. The second-order valence-electron chi connectivity index (χ2n) is 6.72. The molecule has 4 rings (SSSR count). The number of hydrogen-bond donors (Lipinski definition) is 1. The summed E-state index contributed by atoms with van der Waals surface area (Å²) in [5, 5.41) is 6.17. The number of carbonyl (C=O) groups is 1. The average Bonchev–Trinajstić information content (AvgIpc) is 2.73. The Morgan fingerprint density at radius 2 is 1.79 bits per heavy atom. The first-order valence-electron chi connectivity index (χ1n) is 9.53. The van der Waals surface area contributed by atoms with Crippen LogP contribution < -0.4 is 10.1 Å². The molecule has 4 nitrogen and oxygen atoms in total. The van der Waals surface area contributed by atoms with Gasteiger partial charge in [-0.1, -0.05) is 49.4 Å². The van der Waals surface area contributed by atoms with Crippen molar-refractivity contribution < 1.29 is 9.53 Å². The van der Waals surface area contributed by atoms with Crippen LogP contribution in [0.4, 0.5) is 5.69 Å². The number of amides is 1. The van der Waals surface area contributed by atoms with Crippen LogP contribution in [0.15, 0.2) is 72.9 Å². The Balaban J connectivity index is 1.60. The van der Waals surface area contributed by atoms with Crippen LogP contribution in [0.3, 0.4) is 0 Å². The Morgan fingerprint density at radius 1 is 0.964 bits per heavy atom. The van der Waals surface area contributed by atoms with Crippen molar-refractivity contribution in [3.8, 4) is 5.75 Å². The largest absolute Gasteiger partial charge is 0.491 e. The van der Waals surface area contributed by atoms with Crippen molar-refractivity contribution in [1.29, 1.82) is 0 Å². The number of rotatable bonds is 6. The van der Waals surface area contributed by atoms with E-state index in [0.717, 1.165) is 45.1 Å². The van der Waals surface area contributed by atoms with Gasteiger partial charge in [-0.25, -0.2) is 0 Å². The number of fused-ring (bicyclic) bond motifs is 2. The van der Waals surface area contributed by atoms with Gasteiger partial charge in [0.2, 0.25) is 5.91 Å². The van der Waals surface area contributed by atoms with Crippen LogP contribution in [-0.2, 0) is 11.2 Å². The van der Waals surface area contributed by atoms with Crippen molar-refractivity contribution in [3.05, 3.63) is 78.5 Å². The number of aromatic nitrogens is 1. The Kier molecular flexibility index (Phi) is 5.20. The van der Waals surface area contributed by atoms with Gasteiger partial charge in [0.25, 0.3) is 0 Å². The molecular weight excluding hydrogens is 348 g/mol. The summed E-state index contributed by atoms with van der Waals surface area (Å²) in [5.74, 6) is 0.688. The molecule has 0 bridgehead atoms. The van der Waals surface area contributed by atoms with Gasteiger partial charge in [0.05, 0.1) is 18.7 Å². The van der Waals surface area contributed by atoms with E-state index < -0.39 is 0 Å². The highest BCUT2D eigenvalue weighted by atomic mass is 16.5. The number of hydrogen-bond acceptors (Lipinski definition) is 3. The highest BCUT2D eigenvalue weighted by molar-refractivity contribution is 6.04. The van der Waals surface area contributed by atoms with Crippen LogP contribution in [0.1, 0.15) is 18.9 Å². The Hall–Kier alpha value is -3.40. The maximum Gasteiger partial charge on any atom is 0.228 e. The molecule has 0 saturated heterocycles. The fraction of sp³-hybridized carbons (Fsp3) is 0.167. The average molecular weight is 370 g/mol. The second-order valence-corrected chi connectivity index (χ2v) is 6.72. The fourth-order valence-corrected chi connectivity index (χ4v) is 3.40. The molecule has 0 atom stereocenters. The maximum absolute atomic E-state index is 12.8. The van der Waals surface area contributed by atoms with Crippen molar-refractivity contribution in [2.45, 2.75) is 19.8 Å². The van der Waals surface area contributed by atoms with Crippen molar-refractivity contribution in [2.24, 2.45) is 0 Å². The molecule has 1 amide bonds. The molecule has 0 fully saturated rings. The lowest BCUT2D eigenvalue weighted by Crippen LogP contribution is -2.15. The lowest BCUT2D eigenvalue weighted by Gasteiger charge is -2.13. The third-order valence-corrected chi connectivity index (χ3v) is 4.70. The zero-order valence-electron chi connectivity index (χ0n) is 15.8. The zero-order chi connectivity index (χ0) is 19.3. The summed E-state index contributed by atoms with van der Waals surface area (Å²) in [6.07, 6.45) is 2.98.